The number of para-hydroxylation sites is 1. The van der Waals surface area contributed by atoms with Crippen LogP contribution in [0.25, 0.3) is 22.5 Å². The molecule has 1 aliphatic heterocycles. The number of carbonyl (C=O) groups excluding carboxylic acids is 1. The highest BCUT2D eigenvalue weighted by Crippen LogP contribution is 2.42. The van der Waals surface area contributed by atoms with Gasteiger partial charge in [-0.3, -0.25) is 4.79 Å². The van der Waals surface area contributed by atoms with Gasteiger partial charge < -0.3 is 4.90 Å². The number of nitrogens with zero attached hydrogens (tertiary/aromatic N) is 4. The van der Waals surface area contributed by atoms with Crippen molar-refractivity contribution in [1.82, 2.24) is 15.0 Å². The van der Waals surface area contributed by atoms with Crippen LogP contribution in [0, 0.1) is 5.41 Å². The SMILES string of the molecule is CC(C)n1nnc2c1-c1ccccc1CN(C(=O)C(C)(C)C)c1ccccc1-2. The molecule has 2 heterocycles. The zero-order valence-electron chi connectivity index (χ0n) is 17.1. The van der Waals surface area contributed by atoms with Crippen LogP contribution in [0.1, 0.15) is 46.2 Å². The molecule has 0 unspecified atom stereocenters. The average molecular weight is 374 g/mol. The predicted molar refractivity (Wildman–Crippen MR) is 112 cm³/mol. The standard InChI is InChI=1S/C23H26N4O/c1-15(2)27-21-17-11-7-6-10-16(17)14-26(22(28)23(3,4)5)19-13-9-8-12-18(19)20(21)24-25-27/h6-13,15H,14H2,1-5H3. The number of aromatic nitrogens is 3. The fourth-order valence-corrected chi connectivity index (χ4v) is 3.73. The largest absolute Gasteiger partial charge is 0.307 e. The van der Waals surface area contributed by atoms with Crippen LogP contribution in [0.15, 0.2) is 48.5 Å². The summed E-state index contributed by atoms with van der Waals surface area (Å²) in [5.41, 5.74) is 5.35. The second-order valence-electron chi connectivity index (χ2n) is 8.64. The van der Waals surface area contributed by atoms with Gasteiger partial charge in [0.1, 0.15) is 5.69 Å². The Kier molecular flexibility index (Phi) is 4.33. The molecule has 5 heteroatoms. The highest BCUT2D eigenvalue weighted by molar-refractivity contribution is 6.02. The van der Waals surface area contributed by atoms with Crippen LogP contribution in [0.4, 0.5) is 5.69 Å². The first-order valence-electron chi connectivity index (χ1n) is 9.74. The van der Waals surface area contributed by atoms with Crippen LogP contribution in [0.5, 0.6) is 0 Å². The monoisotopic (exact) mass is 374 g/mol. The first kappa shape index (κ1) is 18.4. The lowest BCUT2D eigenvalue weighted by atomic mass is 9.91. The highest BCUT2D eigenvalue weighted by atomic mass is 16.2. The molecule has 0 atom stereocenters. The van der Waals surface area contributed by atoms with Gasteiger partial charge in [-0.1, -0.05) is 68.4 Å². The number of anilines is 1. The summed E-state index contributed by atoms with van der Waals surface area (Å²) in [5.74, 6) is 0.0921. The molecule has 0 fully saturated rings. The Hall–Kier alpha value is -2.95. The normalized spacial score (nSPS) is 13.4. The molecule has 0 aliphatic carbocycles. The maximum Gasteiger partial charge on any atom is 0.232 e. The molecule has 1 aromatic heterocycles. The summed E-state index contributed by atoms with van der Waals surface area (Å²) in [6, 6.07) is 16.4. The third kappa shape index (κ3) is 2.91. The second-order valence-corrected chi connectivity index (χ2v) is 8.64. The molecule has 5 nitrogen and oxygen atoms in total. The van der Waals surface area contributed by atoms with Gasteiger partial charge in [-0.15, -0.1) is 5.10 Å². The van der Waals surface area contributed by atoms with Crippen molar-refractivity contribution in [2.45, 2.75) is 47.2 Å². The predicted octanol–water partition coefficient (Wildman–Crippen LogP) is 5.09. The van der Waals surface area contributed by atoms with Gasteiger partial charge in [0.15, 0.2) is 0 Å². The molecule has 0 radical (unpaired) electrons. The Morgan fingerprint density at radius 3 is 2.32 bits per heavy atom. The van der Waals surface area contributed by atoms with Crippen molar-refractivity contribution in [3.8, 4) is 22.5 Å². The van der Waals surface area contributed by atoms with Gasteiger partial charge in [0.2, 0.25) is 5.91 Å². The van der Waals surface area contributed by atoms with E-state index in [2.05, 4.69) is 36.3 Å². The molecular weight excluding hydrogens is 348 g/mol. The third-order valence-electron chi connectivity index (χ3n) is 5.12. The minimum absolute atomic E-state index is 0.0921. The first-order chi connectivity index (χ1) is 13.3. The van der Waals surface area contributed by atoms with Gasteiger partial charge in [-0.25, -0.2) is 4.68 Å². The number of rotatable bonds is 1. The zero-order chi connectivity index (χ0) is 20.1. The number of hydrogen-bond acceptors (Lipinski definition) is 3. The van der Waals surface area contributed by atoms with Crippen molar-refractivity contribution in [2.75, 3.05) is 4.90 Å². The quantitative estimate of drug-likeness (QED) is 0.596. The van der Waals surface area contributed by atoms with Crippen LogP contribution in [0.2, 0.25) is 0 Å². The lowest BCUT2D eigenvalue weighted by molar-refractivity contribution is -0.125. The van der Waals surface area contributed by atoms with Crippen LogP contribution < -0.4 is 4.90 Å². The van der Waals surface area contributed by atoms with E-state index in [0.717, 1.165) is 33.8 Å². The summed E-state index contributed by atoms with van der Waals surface area (Å²) in [4.78, 5) is 15.3. The van der Waals surface area contributed by atoms with E-state index in [4.69, 9.17) is 0 Å². The van der Waals surface area contributed by atoms with Crippen molar-refractivity contribution < 1.29 is 4.79 Å². The molecule has 1 aliphatic rings. The van der Waals surface area contributed by atoms with E-state index >= 15 is 0 Å². The molecule has 4 rings (SSSR count). The molecule has 0 saturated heterocycles. The summed E-state index contributed by atoms with van der Waals surface area (Å²) < 4.78 is 1.98. The summed E-state index contributed by atoms with van der Waals surface area (Å²) in [6.07, 6.45) is 0. The van der Waals surface area contributed by atoms with Crippen molar-refractivity contribution in [1.29, 1.82) is 0 Å². The maximum absolute atomic E-state index is 13.4. The molecule has 3 aromatic rings. The Bertz CT molecular complexity index is 1040. The third-order valence-corrected chi connectivity index (χ3v) is 5.12. The molecule has 0 bridgehead atoms. The van der Waals surface area contributed by atoms with E-state index in [1.807, 2.05) is 66.8 Å². The molecule has 2 aromatic carbocycles. The summed E-state index contributed by atoms with van der Waals surface area (Å²) in [7, 11) is 0. The van der Waals surface area contributed by atoms with Crippen LogP contribution >= 0.6 is 0 Å². The number of carbonyl (C=O) groups is 1. The van der Waals surface area contributed by atoms with Gasteiger partial charge in [0, 0.05) is 22.6 Å². The van der Waals surface area contributed by atoms with E-state index in [-0.39, 0.29) is 11.9 Å². The highest BCUT2D eigenvalue weighted by Gasteiger charge is 2.33. The van der Waals surface area contributed by atoms with Crippen LogP contribution in [-0.2, 0) is 11.3 Å². The zero-order valence-corrected chi connectivity index (χ0v) is 17.1. The van der Waals surface area contributed by atoms with Gasteiger partial charge in [-0.2, -0.15) is 0 Å². The molecule has 0 saturated carbocycles. The lowest BCUT2D eigenvalue weighted by Crippen LogP contribution is -2.40. The van der Waals surface area contributed by atoms with E-state index in [1.54, 1.807) is 0 Å². The molecule has 144 valence electrons. The summed E-state index contributed by atoms with van der Waals surface area (Å²) in [5, 5.41) is 9.01. The van der Waals surface area contributed by atoms with Crippen molar-refractivity contribution >= 4 is 11.6 Å². The van der Waals surface area contributed by atoms with E-state index in [1.165, 1.54) is 0 Å². The Labute approximate surface area is 166 Å². The van der Waals surface area contributed by atoms with Gasteiger partial charge in [-0.05, 0) is 25.5 Å². The minimum Gasteiger partial charge on any atom is -0.307 e. The van der Waals surface area contributed by atoms with Crippen molar-refractivity contribution in [3.05, 3.63) is 54.1 Å². The maximum atomic E-state index is 13.4. The number of amides is 1. The van der Waals surface area contributed by atoms with Gasteiger partial charge >= 0.3 is 0 Å². The number of fused-ring (bicyclic) bond motifs is 5. The Morgan fingerprint density at radius 2 is 1.64 bits per heavy atom. The van der Waals surface area contributed by atoms with E-state index in [9.17, 15) is 4.79 Å². The fraction of sp³-hybridized carbons (Fsp3) is 0.348. The van der Waals surface area contributed by atoms with Crippen LogP contribution in [-0.4, -0.2) is 20.9 Å². The summed E-state index contributed by atoms with van der Waals surface area (Å²) >= 11 is 0. The number of hydrogen-bond donors (Lipinski definition) is 0. The fourth-order valence-electron chi connectivity index (χ4n) is 3.73. The Balaban J connectivity index is 2.06. The topological polar surface area (TPSA) is 51.0 Å². The van der Waals surface area contributed by atoms with Crippen molar-refractivity contribution in [3.63, 3.8) is 0 Å². The first-order valence-corrected chi connectivity index (χ1v) is 9.74. The van der Waals surface area contributed by atoms with E-state index < -0.39 is 5.41 Å². The molecule has 28 heavy (non-hydrogen) atoms. The number of benzene rings is 2. The second kappa shape index (κ2) is 6.59. The molecule has 1 amide bonds. The average Bonchev–Trinajstić information content (AvgIpc) is 3.08. The molecule has 0 N–H and O–H groups in total. The Morgan fingerprint density at radius 1 is 1.00 bits per heavy atom. The minimum atomic E-state index is -0.486. The smallest absolute Gasteiger partial charge is 0.232 e. The lowest BCUT2D eigenvalue weighted by Gasteiger charge is -2.33. The van der Waals surface area contributed by atoms with Crippen molar-refractivity contribution in [2.24, 2.45) is 5.41 Å². The van der Waals surface area contributed by atoms with Gasteiger partial charge in [0.05, 0.1) is 17.9 Å². The molecule has 0 spiro atoms. The van der Waals surface area contributed by atoms with E-state index in [0.29, 0.717) is 6.54 Å². The summed E-state index contributed by atoms with van der Waals surface area (Å²) in [6.45, 7) is 10.6. The molecular formula is C23H26N4O. The van der Waals surface area contributed by atoms with Gasteiger partial charge in [0.25, 0.3) is 0 Å². The van der Waals surface area contributed by atoms with Crippen LogP contribution in [0.3, 0.4) is 0 Å².